The van der Waals surface area contributed by atoms with E-state index in [-0.39, 0.29) is 30.6 Å². The molecule has 3 rings (SSSR count). The van der Waals surface area contributed by atoms with E-state index in [4.69, 9.17) is 5.11 Å². The number of rotatable bonds is 6. The van der Waals surface area contributed by atoms with Gasteiger partial charge in [0.05, 0.1) is 12.0 Å². The van der Waals surface area contributed by atoms with Crippen LogP contribution in [0.5, 0.6) is 0 Å². The normalized spacial score (nSPS) is 24.7. The van der Waals surface area contributed by atoms with Crippen molar-refractivity contribution in [1.29, 1.82) is 0 Å². The monoisotopic (exact) mass is 374 g/mol. The molecule has 3 N–H and O–H groups in total. The summed E-state index contributed by atoms with van der Waals surface area (Å²) >= 11 is 0. The molecule has 148 valence electrons. The molecule has 1 saturated carbocycles. The van der Waals surface area contributed by atoms with Crippen molar-refractivity contribution in [3.8, 4) is 0 Å². The van der Waals surface area contributed by atoms with Crippen molar-refractivity contribution in [2.45, 2.75) is 63.5 Å². The summed E-state index contributed by atoms with van der Waals surface area (Å²) in [6, 6.07) is 8.28. The highest BCUT2D eigenvalue weighted by atomic mass is 16.4. The van der Waals surface area contributed by atoms with E-state index in [1.165, 1.54) is 11.1 Å². The molecule has 1 unspecified atom stereocenters. The number of benzene rings is 1. The molecule has 0 radical (unpaired) electrons. The van der Waals surface area contributed by atoms with Crippen LogP contribution < -0.4 is 5.32 Å². The zero-order valence-corrected chi connectivity index (χ0v) is 15.8. The Labute approximate surface area is 160 Å². The van der Waals surface area contributed by atoms with Crippen molar-refractivity contribution in [1.82, 2.24) is 10.2 Å². The summed E-state index contributed by atoms with van der Waals surface area (Å²) in [6.45, 7) is 0.577. The number of amides is 2. The van der Waals surface area contributed by atoms with Crippen molar-refractivity contribution in [3.05, 3.63) is 35.4 Å². The smallest absolute Gasteiger partial charge is 0.318 e. The Kier molecular flexibility index (Phi) is 6.72. The van der Waals surface area contributed by atoms with Gasteiger partial charge in [-0.3, -0.25) is 4.79 Å². The van der Waals surface area contributed by atoms with Crippen LogP contribution in [0.3, 0.4) is 0 Å². The van der Waals surface area contributed by atoms with E-state index in [2.05, 4.69) is 17.4 Å². The fourth-order valence-corrected chi connectivity index (χ4v) is 4.43. The van der Waals surface area contributed by atoms with Gasteiger partial charge in [-0.25, -0.2) is 4.79 Å². The molecule has 1 aromatic carbocycles. The number of carbonyl (C=O) groups is 2. The fourth-order valence-electron chi connectivity index (χ4n) is 4.43. The van der Waals surface area contributed by atoms with Gasteiger partial charge in [-0.15, -0.1) is 0 Å². The van der Waals surface area contributed by atoms with Crippen LogP contribution in [0, 0.1) is 5.92 Å². The van der Waals surface area contributed by atoms with E-state index in [0.717, 1.165) is 19.3 Å². The number of aliphatic carboxylic acids is 1. The van der Waals surface area contributed by atoms with Crippen LogP contribution in [-0.2, 0) is 11.2 Å². The number of carbonyl (C=O) groups excluding carboxylic acids is 1. The second-order valence-corrected chi connectivity index (χ2v) is 7.71. The molecule has 1 atom stereocenters. The van der Waals surface area contributed by atoms with Gasteiger partial charge in [-0.05, 0) is 62.5 Å². The molecule has 0 heterocycles. The molecule has 0 saturated heterocycles. The minimum Gasteiger partial charge on any atom is -0.481 e. The van der Waals surface area contributed by atoms with Crippen molar-refractivity contribution in [2.75, 3.05) is 13.2 Å². The number of aliphatic hydroxyl groups excluding tert-OH is 1. The number of hydrogen-bond acceptors (Lipinski definition) is 3. The first-order valence-corrected chi connectivity index (χ1v) is 10.1. The quantitative estimate of drug-likeness (QED) is 0.714. The summed E-state index contributed by atoms with van der Waals surface area (Å²) < 4.78 is 0. The van der Waals surface area contributed by atoms with Crippen LogP contribution in [-0.4, -0.2) is 46.3 Å². The summed E-state index contributed by atoms with van der Waals surface area (Å²) in [6.07, 6.45) is 6.22. The fraction of sp³-hybridized carbons (Fsp3) is 0.619. The van der Waals surface area contributed by atoms with Gasteiger partial charge in [0, 0.05) is 19.2 Å². The van der Waals surface area contributed by atoms with Gasteiger partial charge in [-0.2, -0.15) is 0 Å². The largest absolute Gasteiger partial charge is 0.481 e. The molecule has 0 aromatic heterocycles. The van der Waals surface area contributed by atoms with Gasteiger partial charge < -0.3 is 20.4 Å². The Morgan fingerprint density at radius 1 is 1.11 bits per heavy atom. The number of urea groups is 1. The van der Waals surface area contributed by atoms with Crippen molar-refractivity contribution in [3.63, 3.8) is 0 Å². The van der Waals surface area contributed by atoms with Gasteiger partial charge in [0.25, 0.3) is 0 Å². The number of aliphatic hydroxyl groups is 1. The lowest BCUT2D eigenvalue weighted by molar-refractivity contribution is -0.142. The summed E-state index contributed by atoms with van der Waals surface area (Å²) in [5.74, 6) is -1.02. The van der Waals surface area contributed by atoms with Crippen LogP contribution in [0.1, 0.15) is 62.1 Å². The van der Waals surface area contributed by atoms with E-state index >= 15 is 0 Å². The Morgan fingerprint density at radius 2 is 1.85 bits per heavy atom. The van der Waals surface area contributed by atoms with E-state index in [1.54, 1.807) is 0 Å². The summed E-state index contributed by atoms with van der Waals surface area (Å²) in [5.41, 5.74) is 2.52. The van der Waals surface area contributed by atoms with E-state index in [9.17, 15) is 14.7 Å². The van der Waals surface area contributed by atoms with Gasteiger partial charge in [0.15, 0.2) is 0 Å². The highest BCUT2D eigenvalue weighted by Crippen LogP contribution is 2.34. The SMILES string of the molecule is O=C(O)C1CCC(NC(=O)N(CCCO)C2CCCc3ccccc32)CC1. The lowest BCUT2D eigenvalue weighted by Gasteiger charge is -2.37. The Bertz CT molecular complexity index is 655. The lowest BCUT2D eigenvalue weighted by atomic mass is 9.86. The first-order valence-electron chi connectivity index (χ1n) is 10.1. The summed E-state index contributed by atoms with van der Waals surface area (Å²) in [5, 5.41) is 21.5. The topological polar surface area (TPSA) is 89.9 Å². The van der Waals surface area contributed by atoms with Crippen molar-refractivity contribution in [2.24, 2.45) is 5.92 Å². The number of hydrogen-bond donors (Lipinski definition) is 3. The molecule has 2 aliphatic carbocycles. The van der Waals surface area contributed by atoms with Crippen molar-refractivity contribution >= 4 is 12.0 Å². The molecule has 0 aliphatic heterocycles. The molecule has 0 bridgehead atoms. The van der Waals surface area contributed by atoms with Crippen LogP contribution in [0.4, 0.5) is 4.79 Å². The molecule has 2 amide bonds. The van der Waals surface area contributed by atoms with Crippen LogP contribution >= 0.6 is 0 Å². The summed E-state index contributed by atoms with van der Waals surface area (Å²) in [4.78, 5) is 26.0. The predicted octanol–water partition coefficient (Wildman–Crippen LogP) is 3.10. The zero-order valence-electron chi connectivity index (χ0n) is 15.8. The third-order valence-electron chi connectivity index (χ3n) is 5.94. The molecule has 2 aliphatic rings. The number of aryl methyl sites for hydroxylation is 1. The Balaban J connectivity index is 1.68. The van der Waals surface area contributed by atoms with Crippen LogP contribution in [0.25, 0.3) is 0 Å². The lowest BCUT2D eigenvalue weighted by Crippen LogP contribution is -2.48. The maximum Gasteiger partial charge on any atom is 0.318 e. The average molecular weight is 374 g/mol. The molecular formula is C21H30N2O4. The third kappa shape index (κ3) is 4.80. The molecular weight excluding hydrogens is 344 g/mol. The molecule has 0 spiro atoms. The molecule has 1 fully saturated rings. The second kappa shape index (κ2) is 9.22. The number of carboxylic acids is 1. The molecule has 27 heavy (non-hydrogen) atoms. The standard InChI is InChI=1S/C21H30N2O4/c24-14-4-13-23(19-8-3-6-15-5-1-2-7-18(15)19)21(27)22-17-11-9-16(10-12-17)20(25)26/h1-2,5,7,16-17,19,24H,3-4,6,8-14H2,(H,22,27)(H,25,26). The first-order chi connectivity index (χ1) is 13.1. The zero-order chi connectivity index (χ0) is 19.2. The predicted molar refractivity (Wildman–Crippen MR) is 102 cm³/mol. The van der Waals surface area contributed by atoms with Crippen LogP contribution in [0.15, 0.2) is 24.3 Å². The van der Waals surface area contributed by atoms with Gasteiger partial charge in [0.1, 0.15) is 0 Å². The molecule has 1 aromatic rings. The van der Waals surface area contributed by atoms with Crippen molar-refractivity contribution < 1.29 is 19.8 Å². The Hall–Kier alpha value is -2.08. The average Bonchev–Trinajstić information content (AvgIpc) is 2.69. The van der Waals surface area contributed by atoms with Gasteiger partial charge >= 0.3 is 12.0 Å². The highest BCUT2D eigenvalue weighted by molar-refractivity contribution is 5.75. The maximum absolute atomic E-state index is 13.1. The first kappa shape index (κ1) is 19.7. The molecule has 6 heteroatoms. The third-order valence-corrected chi connectivity index (χ3v) is 5.94. The van der Waals surface area contributed by atoms with Gasteiger partial charge in [-0.1, -0.05) is 24.3 Å². The van der Waals surface area contributed by atoms with E-state index in [1.807, 2.05) is 17.0 Å². The summed E-state index contributed by atoms with van der Waals surface area (Å²) in [7, 11) is 0. The number of nitrogens with one attached hydrogen (secondary N) is 1. The Morgan fingerprint density at radius 3 is 2.56 bits per heavy atom. The van der Waals surface area contributed by atoms with Gasteiger partial charge in [0.2, 0.25) is 0 Å². The molecule has 6 nitrogen and oxygen atoms in total. The minimum atomic E-state index is -0.733. The number of nitrogens with zero attached hydrogens (tertiary/aromatic N) is 1. The minimum absolute atomic E-state index is 0.0311. The van der Waals surface area contributed by atoms with Crippen LogP contribution in [0.2, 0.25) is 0 Å². The number of carboxylic acid groups (broad SMARTS) is 1. The number of fused-ring (bicyclic) bond motifs is 1. The van der Waals surface area contributed by atoms with E-state index < -0.39 is 5.97 Å². The highest BCUT2D eigenvalue weighted by Gasteiger charge is 2.32. The maximum atomic E-state index is 13.1. The second-order valence-electron chi connectivity index (χ2n) is 7.71. The van der Waals surface area contributed by atoms with E-state index in [0.29, 0.717) is 38.6 Å².